The highest BCUT2D eigenvalue weighted by Crippen LogP contribution is 2.24. The minimum Gasteiger partial charge on any atom is -0.371 e. The van der Waals surface area contributed by atoms with E-state index < -0.39 is 12.3 Å². The van der Waals surface area contributed by atoms with Gasteiger partial charge < -0.3 is 5.11 Å². The zero-order chi connectivity index (χ0) is 19.7. The lowest BCUT2D eigenvalue weighted by Crippen LogP contribution is -2.45. The maximum absolute atomic E-state index is 12.8. The van der Waals surface area contributed by atoms with Crippen molar-refractivity contribution >= 4 is 27.7 Å². The number of hydrogen-bond acceptors (Lipinski definition) is 6. The number of amides is 1. The normalized spacial score (nSPS) is 18.0. The second-order valence-corrected chi connectivity index (χ2v) is 7.45. The van der Waals surface area contributed by atoms with E-state index in [1.807, 2.05) is 30.3 Å². The molecule has 0 bridgehead atoms. The van der Waals surface area contributed by atoms with Crippen LogP contribution in [-0.4, -0.2) is 48.6 Å². The number of hydrogen-bond donors (Lipinski definition) is 2. The van der Waals surface area contributed by atoms with E-state index >= 15 is 0 Å². The Bertz CT molecular complexity index is 971. The van der Waals surface area contributed by atoms with E-state index in [0.29, 0.717) is 29.9 Å². The topological polar surface area (TPSA) is 101 Å². The lowest BCUT2D eigenvalue weighted by molar-refractivity contribution is -0.121. The van der Waals surface area contributed by atoms with Crippen molar-refractivity contribution in [2.45, 2.75) is 31.8 Å². The van der Waals surface area contributed by atoms with E-state index in [9.17, 15) is 9.90 Å². The van der Waals surface area contributed by atoms with Crippen molar-refractivity contribution in [3.05, 3.63) is 58.7 Å². The van der Waals surface area contributed by atoms with Crippen LogP contribution in [-0.2, 0) is 17.9 Å². The number of fused-ring (bicyclic) bond motifs is 1. The molecule has 4 rings (SSSR count). The SMILES string of the molecule is CN1C(=O)C(NC(O)c2ncn(Cc3ccccc3)n2)CCn2nc(Br)cc21. The lowest BCUT2D eigenvalue weighted by atomic mass is 10.2. The second-order valence-electron chi connectivity index (χ2n) is 6.64. The fourth-order valence-corrected chi connectivity index (χ4v) is 3.63. The van der Waals surface area contributed by atoms with E-state index in [1.165, 1.54) is 4.90 Å². The van der Waals surface area contributed by atoms with Gasteiger partial charge in [-0.15, -0.1) is 0 Å². The highest BCUT2D eigenvalue weighted by atomic mass is 79.9. The molecule has 1 amide bonds. The van der Waals surface area contributed by atoms with Crippen LogP contribution in [0, 0.1) is 0 Å². The van der Waals surface area contributed by atoms with E-state index in [1.54, 1.807) is 28.8 Å². The number of carbonyl (C=O) groups excluding carboxylic acids is 1. The van der Waals surface area contributed by atoms with Gasteiger partial charge in [-0.2, -0.15) is 10.2 Å². The number of rotatable bonds is 5. The molecule has 10 heteroatoms. The zero-order valence-electron chi connectivity index (χ0n) is 15.2. The predicted octanol–water partition coefficient (Wildman–Crippen LogP) is 1.30. The Morgan fingerprint density at radius 3 is 2.89 bits per heavy atom. The molecule has 0 fully saturated rings. The molecule has 3 aromatic rings. The van der Waals surface area contributed by atoms with Gasteiger partial charge >= 0.3 is 0 Å². The largest absolute Gasteiger partial charge is 0.371 e. The summed E-state index contributed by atoms with van der Waals surface area (Å²) in [7, 11) is 1.70. The third-order valence-electron chi connectivity index (χ3n) is 4.68. The summed E-state index contributed by atoms with van der Waals surface area (Å²) in [4.78, 5) is 18.5. The number of halogens is 1. The van der Waals surface area contributed by atoms with Gasteiger partial charge in [0.2, 0.25) is 5.91 Å². The average molecular weight is 446 g/mol. The maximum atomic E-state index is 12.8. The standard InChI is InChI=1S/C18H20BrN7O2/c1-24-15-9-14(19)22-26(15)8-7-13(18(24)28)21-17(27)16-20-11-25(23-16)10-12-5-3-2-4-6-12/h2-6,9,11,13,17,21,27H,7-8,10H2,1H3. The van der Waals surface area contributed by atoms with Gasteiger partial charge in [0, 0.05) is 19.7 Å². The first-order valence-electron chi connectivity index (χ1n) is 8.89. The fourth-order valence-electron chi connectivity index (χ4n) is 3.23. The summed E-state index contributed by atoms with van der Waals surface area (Å²) in [6.07, 6.45) is 0.921. The monoisotopic (exact) mass is 445 g/mol. The lowest BCUT2D eigenvalue weighted by Gasteiger charge is -2.22. The number of nitrogens with one attached hydrogen (secondary N) is 1. The summed E-state index contributed by atoms with van der Waals surface area (Å²) in [5, 5.41) is 22.1. The summed E-state index contributed by atoms with van der Waals surface area (Å²) in [5.41, 5.74) is 1.09. The number of benzene rings is 1. The summed E-state index contributed by atoms with van der Waals surface area (Å²) in [6, 6.07) is 11.1. The molecule has 3 heterocycles. The molecule has 0 radical (unpaired) electrons. The van der Waals surface area contributed by atoms with Crippen LogP contribution in [0.25, 0.3) is 0 Å². The van der Waals surface area contributed by atoms with Crippen LogP contribution in [0.2, 0.25) is 0 Å². The van der Waals surface area contributed by atoms with Crippen LogP contribution in [0.1, 0.15) is 24.0 Å². The number of aryl methyl sites for hydroxylation is 1. The molecule has 1 aromatic carbocycles. The van der Waals surface area contributed by atoms with Crippen molar-refractivity contribution in [3.8, 4) is 0 Å². The molecule has 2 unspecified atom stereocenters. The van der Waals surface area contributed by atoms with Crippen LogP contribution in [0.4, 0.5) is 5.82 Å². The first-order chi connectivity index (χ1) is 13.5. The first-order valence-corrected chi connectivity index (χ1v) is 9.69. The molecule has 0 aliphatic carbocycles. The van der Waals surface area contributed by atoms with Crippen molar-refractivity contribution < 1.29 is 9.90 Å². The Morgan fingerprint density at radius 2 is 2.11 bits per heavy atom. The molecular weight excluding hydrogens is 426 g/mol. The average Bonchev–Trinajstić information content (AvgIpc) is 3.28. The molecule has 2 aromatic heterocycles. The van der Waals surface area contributed by atoms with Gasteiger partial charge in [-0.3, -0.25) is 15.0 Å². The van der Waals surface area contributed by atoms with E-state index in [0.717, 1.165) is 5.56 Å². The van der Waals surface area contributed by atoms with Crippen LogP contribution < -0.4 is 10.2 Å². The van der Waals surface area contributed by atoms with Crippen LogP contribution in [0.3, 0.4) is 0 Å². The number of carbonyl (C=O) groups is 1. The Hall–Kier alpha value is -2.56. The summed E-state index contributed by atoms with van der Waals surface area (Å²) < 4.78 is 4.11. The molecule has 28 heavy (non-hydrogen) atoms. The molecule has 2 atom stereocenters. The van der Waals surface area contributed by atoms with Crippen molar-refractivity contribution in [1.82, 2.24) is 29.9 Å². The van der Waals surface area contributed by atoms with Crippen LogP contribution in [0.15, 0.2) is 47.3 Å². The Morgan fingerprint density at radius 1 is 1.32 bits per heavy atom. The van der Waals surface area contributed by atoms with E-state index in [4.69, 9.17) is 0 Å². The minimum atomic E-state index is -1.14. The van der Waals surface area contributed by atoms with Crippen LogP contribution >= 0.6 is 15.9 Å². The van der Waals surface area contributed by atoms with Crippen molar-refractivity contribution in [2.24, 2.45) is 0 Å². The van der Waals surface area contributed by atoms with Crippen LogP contribution in [0.5, 0.6) is 0 Å². The summed E-state index contributed by atoms with van der Waals surface area (Å²) in [5.74, 6) is 0.797. The van der Waals surface area contributed by atoms with Gasteiger partial charge in [0.15, 0.2) is 12.1 Å². The highest BCUT2D eigenvalue weighted by Gasteiger charge is 2.31. The number of aliphatic hydroxyl groups is 1. The summed E-state index contributed by atoms with van der Waals surface area (Å²) >= 11 is 3.33. The third-order valence-corrected chi connectivity index (χ3v) is 5.06. The number of aliphatic hydroxyl groups excluding tert-OH is 1. The molecule has 0 saturated heterocycles. The van der Waals surface area contributed by atoms with E-state index in [-0.39, 0.29) is 11.7 Å². The van der Waals surface area contributed by atoms with Crippen molar-refractivity contribution in [3.63, 3.8) is 0 Å². The molecule has 9 nitrogen and oxygen atoms in total. The molecule has 0 saturated carbocycles. The molecular formula is C18H20BrN7O2. The number of anilines is 1. The van der Waals surface area contributed by atoms with Gasteiger partial charge in [0.25, 0.3) is 0 Å². The number of nitrogens with zero attached hydrogens (tertiary/aromatic N) is 6. The first kappa shape index (κ1) is 18.8. The molecule has 0 spiro atoms. The summed E-state index contributed by atoms with van der Waals surface area (Å²) in [6.45, 7) is 1.11. The minimum absolute atomic E-state index is 0.145. The second kappa shape index (κ2) is 7.82. The Kier molecular flexibility index (Phi) is 5.25. The molecule has 1 aliphatic rings. The molecule has 146 valence electrons. The van der Waals surface area contributed by atoms with E-state index in [2.05, 4.69) is 36.4 Å². The highest BCUT2D eigenvalue weighted by molar-refractivity contribution is 9.10. The Balaban J connectivity index is 1.43. The van der Waals surface area contributed by atoms with Gasteiger partial charge in [-0.05, 0) is 27.9 Å². The van der Waals surface area contributed by atoms with Gasteiger partial charge in [0.1, 0.15) is 16.7 Å². The fraction of sp³-hybridized carbons (Fsp3) is 0.333. The molecule has 2 N–H and O–H groups in total. The maximum Gasteiger partial charge on any atom is 0.245 e. The van der Waals surface area contributed by atoms with Crippen molar-refractivity contribution in [1.29, 1.82) is 0 Å². The quantitative estimate of drug-likeness (QED) is 0.574. The van der Waals surface area contributed by atoms with Crippen molar-refractivity contribution in [2.75, 3.05) is 11.9 Å². The third kappa shape index (κ3) is 3.84. The number of likely N-dealkylation sites (N-methyl/N-ethyl adjacent to an activating group) is 1. The van der Waals surface area contributed by atoms with Gasteiger partial charge in [-0.1, -0.05) is 30.3 Å². The number of aromatic nitrogens is 5. The van der Waals surface area contributed by atoms with Gasteiger partial charge in [0.05, 0.1) is 12.6 Å². The molecule has 1 aliphatic heterocycles. The predicted molar refractivity (Wildman–Crippen MR) is 105 cm³/mol. The zero-order valence-corrected chi connectivity index (χ0v) is 16.8. The Labute approximate surface area is 170 Å². The smallest absolute Gasteiger partial charge is 0.245 e. The van der Waals surface area contributed by atoms with Gasteiger partial charge in [-0.25, -0.2) is 14.3 Å².